The quantitative estimate of drug-likeness (QED) is 0.641. The summed E-state index contributed by atoms with van der Waals surface area (Å²) in [5.74, 6) is 0. The van der Waals surface area contributed by atoms with Crippen LogP contribution in [0.3, 0.4) is 0 Å². The van der Waals surface area contributed by atoms with Crippen LogP contribution >= 0.6 is 27.5 Å². The van der Waals surface area contributed by atoms with E-state index in [0.717, 1.165) is 5.69 Å². The van der Waals surface area contributed by atoms with E-state index in [1.807, 2.05) is 0 Å². The maximum atomic E-state index is 11.5. The number of rotatable bonds is 1. The predicted octanol–water partition coefficient (Wildman–Crippen LogP) is 2.47. The SMILES string of the molecule is O=c1cc(CBr)[nH]c2nc(Cl)ccc12. The number of H-pyrrole nitrogens is 1. The Balaban J connectivity index is 2.84. The molecule has 72 valence electrons. The first-order valence-electron chi connectivity index (χ1n) is 3.95. The summed E-state index contributed by atoms with van der Waals surface area (Å²) in [7, 11) is 0. The van der Waals surface area contributed by atoms with Gasteiger partial charge in [0.2, 0.25) is 0 Å². The van der Waals surface area contributed by atoms with E-state index in [-0.39, 0.29) is 5.43 Å². The molecular formula is C9H6BrClN2O. The summed E-state index contributed by atoms with van der Waals surface area (Å²) >= 11 is 8.99. The highest BCUT2D eigenvalue weighted by molar-refractivity contribution is 9.08. The summed E-state index contributed by atoms with van der Waals surface area (Å²) in [5.41, 5.74) is 1.27. The van der Waals surface area contributed by atoms with E-state index in [0.29, 0.717) is 21.5 Å². The first-order valence-corrected chi connectivity index (χ1v) is 5.45. The fourth-order valence-electron chi connectivity index (χ4n) is 1.23. The summed E-state index contributed by atoms with van der Waals surface area (Å²) < 4.78 is 0. The lowest BCUT2D eigenvalue weighted by Gasteiger charge is -2.00. The summed E-state index contributed by atoms with van der Waals surface area (Å²) in [6, 6.07) is 4.82. The molecule has 0 aliphatic carbocycles. The summed E-state index contributed by atoms with van der Waals surface area (Å²) in [6.07, 6.45) is 0. The van der Waals surface area contributed by atoms with Gasteiger partial charge in [-0.2, -0.15) is 0 Å². The minimum Gasteiger partial charge on any atom is -0.342 e. The number of nitrogens with zero attached hydrogens (tertiary/aromatic N) is 1. The fraction of sp³-hybridized carbons (Fsp3) is 0.111. The predicted molar refractivity (Wildman–Crippen MR) is 60.0 cm³/mol. The van der Waals surface area contributed by atoms with Gasteiger partial charge < -0.3 is 4.98 Å². The zero-order valence-corrected chi connectivity index (χ0v) is 9.39. The molecule has 0 aliphatic heterocycles. The molecule has 2 rings (SSSR count). The van der Waals surface area contributed by atoms with Gasteiger partial charge in [0.1, 0.15) is 10.8 Å². The van der Waals surface area contributed by atoms with Crippen molar-refractivity contribution in [2.24, 2.45) is 0 Å². The van der Waals surface area contributed by atoms with Crippen molar-refractivity contribution in [1.82, 2.24) is 9.97 Å². The average Bonchev–Trinajstić information content (AvgIpc) is 2.16. The second-order valence-corrected chi connectivity index (χ2v) is 3.77. The van der Waals surface area contributed by atoms with Crippen LogP contribution in [0.5, 0.6) is 0 Å². The number of hydrogen-bond acceptors (Lipinski definition) is 2. The van der Waals surface area contributed by atoms with Crippen molar-refractivity contribution in [2.45, 2.75) is 5.33 Å². The molecule has 1 N–H and O–H groups in total. The Kier molecular flexibility index (Phi) is 2.56. The van der Waals surface area contributed by atoms with Crippen molar-refractivity contribution < 1.29 is 0 Å². The molecule has 14 heavy (non-hydrogen) atoms. The minimum atomic E-state index is -0.0441. The Bertz CT molecular complexity index is 538. The molecule has 0 saturated carbocycles. The highest BCUT2D eigenvalue weighted by Gasteiger charge is 2.02. The van der Waals surface area contributed by atoms with E-state index in [1.54, 1.807) is 18.2 Å². The molecule has 0 saturated heterocycles. The van der Waals surface area contributed by atoms with Crippen LogP contribution in [0.2, 0.25) is 5.15 Å². The topological polar surface area (TPSA) is 45.8 Å². The Morgan fingerprint density at radius 1 is 1.50 bits per heavy atom. The molecule has 0 amide bonds. The summed E-state index contributed by atoms with van der Waals surface area (Å²) in [5, 5.41) is 1.52. The van der Waals surface area contributed by atoms with Crippen molar-refractivity contribution in [3.05, 3.63) is 39.3 Å². The van der Waals surface area contributed by atoms with Gasteiger partial charge in [-0.25, -0.2) is 4.98 Å². The number of pyridine rings is 2. The van der Waals surface area contributed by atoms with E-state index >= 15 is 0 Å². The minimum absolute atomic E-state index is 0.0441. The molecule has 0 aromatic carbocycles. The third-order valence-corrected chi connectivity index (χ3v) is 2.67. The highest BCUT2D eigenvalue weighted by Crippen LogP contribution is 2.11. The number of aromatic nitrogens is 2. The van der Waals surface area contributed by atoms with Gasteiger partial charge in [0.05, 0.1) is 5.39 Å². The molecule has 2 heterocycles. The molecule has 0 fully saturated rings. The molecule has 2 aromatic rings. The molecule has 0 atom stereocenters. The van der Waals surface area contributed by atoms with Crippen molar-refractivity contribution in [3.8, 4) is 0 Å². The zero-order chi connectivity index (χ0) is 10.1. The Morgan fingerprint density at radius 2 is 2.29 bits per heavy atom. The second kappa shape index (κ2) is 3.71. The van der Waals surface area contributed by atoms with Gasteiger partial charge in [0.25, 0.3) is 0 Å². The van der Waals surface area contributed by atoms with Gasteiger partial charge >= 0.3 is 0 Å². The summed E-state index contributed by atoms with van der Waals surface area (Å²) in [4.78, 5) is 18.6. The standard InChI is InChI=1S/C9H6BrClN2O/c10-4-5-3-7(14)6-1-2-8(11)13-9(6)12-5/h1-3H,4H2,(H,12,13,14). The van der Waals surface area contributed by atoms with Gasteiger partial charge in [-0.3, -0.25) is 4.79 Å². The van der Waals surface area contributed by atoms with Gasteiger partial charge in [-0.1, -0.05) is 27.5 Å². The molecule has 0 spiro atoms. The van der Waals surface area contributed by atoms with Crippen LogP contribution in [-0.2, 0) is 5.33 Å². The molecule has 0 aliphatic rings. The van der Waals surface area contributed by atoms with Gasteiger partial charge in [-0.05, 0) is 12.1 Å². The zero-order valence-electron chi connectivity index (χ0n) is 7.05. The average molecular weight is 274 g/mol. The van der Waals surface area contributed by atoms with E-state index in [4.69, 9.17) is 11.6 Å². The van der Waals surface area contributed by atoms with Crippen LogP contribution < -0.4 is 5.43 Å². The van der Waals surface area contributed by atoms with Crippen LogP contribution in [0.1, 0.15) is 5.69 Å². The molecule has 0 bridgehead atoms. The smallest absolute Gasteiger partial charge is 0.191 e. The van der Waals surface area contributed by atoms with Gasteiger partial charge in [0, 0.05) is 17.1 Å². The lowest BCUT2D eigenvalue weighted by molar-refractivity contribution is 1.18. The van der Waals surface area contributed by atoms with Crippen LogP contribution in [-0.4, -0.2) is 9.97 Å². The fourth-order valence-corrected chi connectivity index (χ4v) is 1.68. The Hall–Kier alpha value is -0.870. The third-order valence-electron chi connectivity index (χ3n) is 1.85. The number of hydrogen-bond donors (Lipinski definition) is 1. The molecule has 0 radical (unpaired) electrons. The Labute approximate surface area is 93.2 Å². The number of nitrogens with one attached hydrogen (secondary N) is 1. The molecule has 3 nitrogen and oxygen atoms in total. The summed E-state index contributed by atoms with van der Waals surface area (Å²) in [6.45, 7) is 0. The number of aromatic amines is 1. The van der Waals surface area contributed by atoms with E-state index in [9.17, 15) is 4.79 Å². The number of halogens is 2. The van der Waals surface area contributed by atoms with Crippen molar-refractivity contribution in [3.63, 3.8) is 0 Å². The Morgan fingerprint density at radius 3 is 3.00 bits per heavy atom. The van der Waals surface area contributed by atoms with Crippen molar-refractivity contribution in [2.75, 3.05) is 0 Å². The van der Waals surface area contributed by atoms with E-state index in [1.165, 1.54) is 0 Å². The first kappa shape index (κ1) is 9.68. The maximum Gasteiger partial charge on any atom is 0.191 e. The maximum absolute atomic E-state index is 11.5. The monoisotopic (exact) mass is 272 g/mol. The van der Waals surface area contributed by atoms with E-state index in [2.05, 4.69) is 25.9 Å². The molecular weight excluding hydrogens is 267 g/mol. The largest absolute Gasteiger partial charge is 0.342 e. The molecule has 5 heteroatoms. The third kappa shape index (κ3) is 1.67. The second-order valence-electron chi connectivity index (χ2n) is 2.82. The molecule has 2 aromatic heterocycles. The van der Waals surface area contributed by atoms with Crippen molar-refractivity contribution in [1.29, 1.82) is 0 Å². The van der Waals surface area contributed by atoms with Crippen LogP contribution in [0.15, 0.2) is 23.0 Å². The van der Waals surface area contributed by atoms with Crippen molar-refractivity contribution >= 4 is 38.6 Å². The molecule has 0 unspecified atom stereocenters. The first-order chi connectivity index (χ1) is 6.70. The number of fused-ring (bicyclic) bond motifs is 1. The highest BCUT2D eigenvalue weighted by atomic mass is 79.9. The van der Waals surface area contributed by atoms with Gasteiger partial charge in [-0.15, -0.1) is 0 Å². The van der Waals surface area contributed by atoms with Crippen LogP contribution in [0.4, 0.5) is 0 Å². The van der Waals surface area contributed by atoms with Gasteiger partial charge in [0.15, 0.2) is 5.43 Å². The normalized spacial score (nSPS) is 10.7. The number of alkyl halides is 1. The lowest BCUT2D eigenvalue weighted by Crippen LogP contribution is -2.05. The van der Waals surface area contributed by atoms with E-state index < -0.39 is 0 Å². The lowest BCUT2D eigenvalue weighted by atomic mass is 10.2. The van der Waals surface area contributed by atoms with Crippen LogP contribution in [0, 0.1) is 0 Å². The van der Waals surface area contributed by atoms with Crippen LogP contribution in [0.25, 0.3) is 11.0 Å².